The highest BCUT2D eigenvalue weighted by molar-refractivity contribution is 5.30. The van der Waals surface area contributed by atoms with Gasteiger partial charge in [-0.2, -0.15) is 0 Å². The van der Waals surface area contributed by atoms with Crippen molar-refractivity contribution in [2.75, 3.05) is 6.54 Å². The average Bonchev–Trinajstić information content (AvgIpc) is 2.94. The fourth-order valence-electron chi connectivity index (χ4n) is 3.77. The van der Waals surface area contributed by atoms with Crippen LogP contribution >= 0.6 is 0 Å². The van der Waals surface area contributed by atoms with Gasteiger partial charge >= 0.3 is 0 Å². The van der Waals surface area contributed by atoms with Crippen molar-refractivity contribution < 1.29 is 4.39 Å². The number of benzene rings is 1. The van der Waals surface area contributed by atoms with Crippen molar-refractivity contribution in [2.24, 2.45) is 17.8 Å². The Morgan fingerprint density at radius 1 is 1.28 bits per heavy atom. The highest BCUT2D eigenvalue weighted by Crippen LogP contribution is 2.57. The van der Waals surface area contributed by atoms with Crippen molar-refractivity contribution in [2.45, 2.75) is 39.2 Å². The zero-order valence-corrected chi connectivity index (χ0v) is 11.2. The fraction of sp³-hybridized carbons (Fsp3) is 0.625. The smallest absolute Gasteiger partial charge is 0.123 e. The van der Waals surface area contributed by atoms with E-state index in [0.717, 1.165) is 29.9 Å². The molecule has 2 saturated carbocycles. The molecule has 0 heterocycles. The van der Waals surface area contributed by atoms with E-state index in [1.54, 1.807) is 12.1 Å². The van der Waals surface area contributed by atoms with E-state index in [1.165, 1.54) is 24.8 Å². The van der Waals surface area contributed by atoms with Crippen LogP contribution in [0.25, 0.3) is 0 Å². The van der Waals surface area contributed by atoms with Gasteiger partial charge in [0.1, 0.15) is 5.82 Å². The molecule has 1 aromatic rings. The third-order valence-corrected chi connectivity index (χ3v) is 4.74. The summed E-state index contributed by atoms with van der Waals surface area (Å²) in [5.41, 5.74) is 2.38. The maximum absolute atomic E-state index is 13.2. The van der Waals surface area contributed by atoms with Crippen LogP contribution in [-0.2, 0) is 0 Å². The van der Waals surface area contributed by atoms with Crippen molar-refractivity contribution in [3.63, 3.8) is 0 Å². The summed E-state index contributed by atoms with van der Waals surface area (Å²) < 4.78 is 13.2. The number of aryl methyl sites for hydroxylation is 1. The summed E-state index contributed by atoms with van der Waals surface area (Å²) in [5.74, 6) is 2.62. The molecular formula is C16H22FN. The first-order valence-electron chi connectivity index (χ1n) is 7.18. The number of nitrogens with one attached hydrogen (secondary N) is 1. The van der Waals surface area contributed by atoms with E-state index < -0.39 is 0 Å². The van der Waals surface area contributed by atoms with Crippen molar-refractivity contribution in [3.8, 4) is 0 Å². The van der Waals surface area contributed by atoms with Crippen molar-refractivity contribution >= 4 is 0 Å². The summed E-state index contributed by atoms with van der Waals surface area (Å²) in [7, 11) is 0. The minimum atomic E-state index is -0.124. The van der Waals surface area contributed by atoms with Gasteiger partial charge in [0.2, 0.25) is 0 Å². The molecule has 1 aromatic carbocycles. The summed E-state index contributed by atoms with van der Waals surface area (Å²) in [5, 5.41) is 3.62. The zero-order chi connectivity index (χ0) is 12.7. The Morgan fingerprint density at radius 2 is 2.00 bits per heavy atom. The molecule has 2 aliphatic rings. The highest BCUT2D eigenvalue weighted by atomic mass is 19.1. The van der Waals surface area contributed by atoms with Crippen molar-refractivity contribution in [3.05, 3.63) is 35.1 Å². The Kier molecular flexibility index (Phi) is 3.14. The van der Waals surface area contributed by atoms with Crippen LogP contribution < -0.4 is 5.32 Å². The number of fused-ring (bicyclic) bond motifs is 1. The van der Waals surface area contributed by atoms with Gasteiger partial charge in [-0.1, -0.05) is 13.0 Å². The Hall–Kier alpha value is -0.890. The van der Waals surface area contributed by atoms with Gasteiger partial charge in [-0.15, -0.1) is 0 Å². The molecule has 3 rings (SSSR count). The second kappa shape index (κ2) is 4.65. The Labute approximate surface area is 109 Å². The van der Waals surface area contributed by atoms with Gasteiger partial charge in [0, 0.05) is 6.04 Å². The van der Waals surface area contributed by atoms with Crippen molar-refractivity contribution in [1.82, 2.24) is 5.32 Å². The second-order valence-corrected chi connectivity index (χ2v) is 6.02. The van der Waals surface area contributed by atoms with Gasteiger partial charge in [0.25, 0.3) is 0 Å². The first kappa shape index (κ1) is 12.2. The standard InChI is InChI=1S/C16H22FN/c1-3-18-16(13-8-11-7-12(11)9-13)15-5-4-14(17)6-10(15)2/h4-6,11-13,16,18H,3,7-9H2,1-2H3. The molecule has 0 spiro atoms. The minimum Gasteiger partial charge on any atom is -0.310 e. The van der Waals surface area contributed by atoms with E-state index in [0.29, 0.717) is 6.04 Å². The molecule has 0 bridgehead atoms. The van der Waals surface area contributed by atoms with Gasteiger partial charge < -0.3 is 5.32 Å². The Bertz CT molecular complexity index is 433. The van der Waals surface area contributed by atoms with E-state index >= 15 is 0 Å². The van der Waals surface area contributed by atoms with Crippen molar-refractivity contribution in [1.29, 1.82) is 0 Å². The zero-order valence-electron chi connectivity index (χ0n) is 11.2. The predicted octanol–water partition coefficient (Wildman–Crippen LogP) is 3.83. The van der Waals surface area contributed by atoms with E-state index in [1.807, 2.05) is 13.0 Å². The quantitative estimate of drug-likeness (QED) is 0.852. The molecular weight excluding hydrogens is 225 g/mol. The van der Waals surface area contributed by atoms with E-state index in [2.05, 4.69) is 12.2 Å². The SMILES string of the molecule is CCNC(c1ccc(F)cc1C)C1CC2CC2C1. The highest BCUT2D eigenvalue weighted by Gasteiger charge is 2.48. The molecule has 0 radical (unpaired) electrons. The van der Waals surface area contributed by atoms with Gasteiger partial charge in [-0.3, -0.25) is 0 Å². The lowest BCUT2D eigenvalue weighted by molar-refractivity contribution is 0.345. The molecule has 3 atom stereocenters. The number of rotatable bonds is 4. The van der Waals surface area contributed by atoms with E-state index in [9.17, 15) is 4.39 Å². The summed E-state index contributed by atoms with van der Waals surface area (Å²) >= 11 is 0. The predicted molar refractivity (Wildman–Crippen MR) is 71.9 cm³/mol. The molecule has 2 aliphatic carbocycles. The van der Waals surface area contributed by atoms with Crippen LogP contribution in [0.5, 0.6) is 0 Å². The van der Waals surface area contributed by atoms with Crippen LogP contribution in [0.1, 0.15) is 43.4 Å². The fourth-order valence-corrected chi connectivity index (χ4v) is 3.77. The van der Waals surface area contributed by atoms with Crippen LogP contribution in [0.3, 0.4) is 0 Å². The lowest BCUT2D eigenvalue weighted by atomic mass is 9.87. The van der Waals surface area contributed by atoms with Gasteiger partial charge in [0.15, 0.2) is 0 Å². The topological polar surface area (TPSA) is 12.0 Å². The summed E-state index contributed by atoms with van der Waals surface area (Å²) in [6, 6.07) is 5.66. The maximum Gasteiger partial charge on any atom is 0.123 e. The maximum atomic E-state index is 13.2. The van der Waals surface area contributed by atoms with Crippen LogP contribution in [0, 0.1) is 30.5 Å². The Balaban J connectivity index is 1.83. The van der Waals surface area contributed by atoms with Gasteiger partial charge in [0.05, 0.1) is 0 Å². The summed E-state index contributed by atoms with van der Waals surface area (Å²) in [6.07, 6.45) is 4.18. The summed E-state index contributed by atoms with van der Waals surface area (Å²) in [6.45, 7) is 5.16. The molecule has 1 nitrogen and oxygen atoms in total. The number of halogens is 1. The third-order valence-electron chi connectivity index (χ3n) is 4.74. The second-order valence-electron chi connectivity index (χ2n) is 6.02. The minimum absolute atomic E-state index is 0.124. The molecule has 2 heteroatoms. The van der Waals surface area contributed by atoms with E-state index in [-0.39, 0.29) is 5.82 Å². The molecule has 0 aliphatic heterocycles. The molecule has 1 N–H and O–H groups in total. The largest absolute Gasteiger partial charge is 0.310 e. The van der Waals surface area contributed by atoms with E-state index in [4.69, 9.17) is 0 Å². The number of hydrogen-bond acceptors (Lipinski definition) is 1. The van der Waals surface area contributed by atoms with Crippen LogP contribution in [-0.4, -0.2) is 6.54 Å². The van der Waals surface area contributed by atoms with Crippen LogP contribution in [0.2, 0.25) is 0 Å². The van der Waals surface area contributed by atoms with Crippen LogP contribution in [0.15, 0.2) is 18.2 Å². The molecule has 0 aromatic heterocycles. The van der Waals surface area contributed by atoms with Gasteiger partial charge in [-0.25, -0.2) is 4.39 Å². The molecule has 0 saturated heterocycles. The lowest BCUT2D eigenvalue weighted by Crippen LogP contribution is -2.28. The molecule has 0 amide bonds. The van der Waals surface area contributed by atoms with Gasteiger partial charge in [-0.05, 0) is 73.7 Å². The molecule has 98 valence electrons. The normalized spacial score (nSPS) is 31.2. The third kappa shape index (κ3) is 2.18. The molecule has 3 unspecified atom stereocenters. The lowest BCUT2D eigenvalue weighted by Gasteiger charge is -2.27. The molecule has 18 heavy (non-hydrogen) atoms. The average molecular weight is 247 g/mol. The monoisotopic (exact) mass is 247 g/mol. The Morgan fingerprint density at radius 3 is 2.61 bits per heavy atom. The van der Waals surface area contributed by atoms with Crippen LogP contribution in [0.4, 0.5) is 4.39 Å². The number of hydrogen-bond donors (Lipinski definition) is 1. The first-order valence-corrected chi connectivity index (χ1v) is 7.18. The first-order chi connectivity index (χ1) is 8.69. The molecule has 2 fully saturated rings. The summed E-state index contributed by atoms with van der Waals surface area (Å²) in [4.78, 5) is 0.